The fourth-order valence-corrected chi connectivity index (χ4v) is 3.80. The van der Waals surface area contributed by atoms with Crippen molar-refractivity contribution in [1.82, 2.24) is 20.4 Å². The Bertz CT molecular complexity index is 522. The third-order valence-electron chi connectivity index (χ3n) is 5.77. The lowest BCUT2D eigenvalue weighted by Crippen LogP contribution is -2.55. The predicted molar refractivity (Wildman–Crippen MR) is 103 cm³/mol. The Labute approximate surface area is 157 Å². The van der Waals surface area contributed by atoms with Gasteiger partial charge >= 0.3 is 0 Å². The lowest BCUT2D eigenvalue weighted by Gasteiger charge is -2.37. The molecule has 0 radical (unpaired) electrons. The van der Waals surface area contributed by atoms with Crippen LogP contribution in [0, 0.1) is 0 Å². The summed E-state index contributed by atoms with van der Waals surface area (Å²) in [6.07, 6.45) is 10.6. The summed E-state index contributed by atoms with van der Waals surface area (Å²) in [4.78, 5) is 28.7. The van der Waals surface area contributed by atoms with E-state index in [1.807, 2.05) is 6.92 Å². The Morgan fingerprint density at radius 3 is 2.62 bits per heavy atom. The Balaban J connectivity index is 1.31. The number of hydrogen-bond donors (Lipinski definition) is 2. The zero-order chi connectivity index (χ0) is 18.4. The molecule has 1 saturated carbocycles. The van der Waals surface area contributed by atoms with Crippen molar-refractivity contribution in [3.63, 3.8) is 0 Å². The molecule has 0 aromatic carbocycles. The van der Waals surface area contributed by atoms with Crippen molar-refractivity contribution in [2.24, 2.45) is 0 Å². The molecule has 2 amide bonds. The zero-order valence-corrected chi connectivity index (χ0v) is 16.1. The van der Waals surface area contributed by atoms with E-state index >= 15 is 0 Å². The molecule has 3 rings (SSSR count). The molecule has 6 heteroatoms. The van der Waals surface area contributed by atoms with Gasteiger partial charge in [-0.15, -0.1) is 0 Å². The van der Waals surface area contributed by atoms with Crippen molar-refractivity contribution < 1.29 is 9.59 Å². The number of carbonyl (C=O) groups is 2. The van der Waals surface area contributed by atoms with Crippen LogP contribution in [-0.2, 0) is 9.59 Å². The molecule has 0 spiro atoms. The van der Waals surface area contributed by atoms with Crippen LogP contribution in [0.2, 0.25) is 0 Å². The number of piperazine rings is 1. The van der Waals surface area contributed by atoms with Gasteiger partial charge in [0.05, 0.1) is 12.6 Å². The fraction of sp³-hybridized carbons (Fsp3) is 0.800. The maximum absolute atomic E-state index is 12.4. The topological polar surface area (TPSA) is 64.7 Å². The van der Waals surface area contributed by atoms with Crippen molar-refractivity contribution in [2.75, 3.05) is 39.3 Å². The van der Waals surface area contributed by atoms with Gasteiger partial charge < -0.3 is 10.6 Å². The number of allylic oxidation sites excluding steroid dienone is 1. The molecule has 0 unspecified atom stereocenters. The molecular weight excluding hydrogens is 328 g/mol. The molecule has 2 N–H and O–H groups in total. The largest absolute Gasteiger partial charge is 0.354 e. The summed E-state index contributed by atoms with van der Waals surface area (Å²) in [5, 5.41) is 6.14. The molecular formula is C20H34N4O2. The minimum absolute atomic E-state index is 0.0993. The van der Waals surface area contributed by atoms with E-state index in [1.54, 1.807) is 0 Å². The second-order valence-corrected chi connectivity index (χ2v) is 7.98. The Kier molecular flexibility index (Phi) is 7.08. The molecule has 1 heterocycles. The van der Waals surface area contributed by atoms with Crippen molar-refractivity contribution in [1.29, 1.82) is 0 Å². The van der Waals surface area contributed by atoms with E-state index in [0.717, 1.165) is 52.0 Å². The number of nitrogens with zero attached hydrogens (tertiary/aromatic N) is 2. The Morgan fingerprint density at radius 1 is 1.19 bits per heavy atom. The van der Waals surface area contributed by atoms with Crippen LogP contribution >= 0.6 is 0 Å². The quantitative estimate of drug-likeness (QED) is 0.639. The molecule has 2 aliphatic carbocycles. The van der Waals surface area contributed by atoms with E-state index < -0.39 is 0 Å². The third-order valence-corrected chi connectivity index (χ3v) is 5.77. The van der Waals surface area contributed by atoms with Crippen molar-refractivity contribution >= 4 is 11.8 Å². The molecule has 0 aromatic rings. The van der Waals surface area contributed by atoms with Crippen LogP contribution in [0.4, 0.5) is 0 Å². The average Bonchev–Trinajstić information content (AvgIpc) is 3.46. The Morgan fingerprint density at radius 2 is 1.96 bits per heavy atom. The van der Waals surface area contributed by atoms with E-state index in [1.165, 1.54) is 31.3 Å². The lowest BCUT2D eigenvalue weighted by atomic mass is 9.97. The molecule has 3 aliphatic rings. The molecule has 26 heavy (non-hydrogen) atoms. The fourth-order valence-electron chi connectivity index (χ4n) is 3.80. The maximum atomic E-state index is 12.4. The first kappa shape index (κ1) is 19.4. The van der Waals surface area contributed by atoms with Gasteiger partial charge in [-0.2, -0.15) is 0 Å². The highest BCUT2D eigenvalue weighted by molar-refractivity contribution is 5.81. The first-order valence-corrected chi connectivity index (χ1v) is 10.3. The van der Waals surface area contributed by atoms with Gasteiger partial charge in [-0.1, -0.05) is 11.6 Å². The van der Waals surface area contributed by atoms with Crippen molar-refractivity contribution in [2.45, 2.75) is 64.0 Å². The van der Waals surface area contributed by atoms with Crippen LogP contribution in [0.3, 0.4) is 0 Å². The second kappa shape index (κ2) is 9.51. The van der Waals surface area contributed by atoms with Crippen LogP contribution in [0.15, 0.2) is 11.6 Å². The number of hydrogen-bond acceptors (Lipinski definition) is 4. The normalized spacial score (nSPS) is 23.2. The zero-order valence-electron chi connectivity index (χ0n) is 16.1. The number of carbonyl (C=O) groups excluding carboxylic acids is 2. The first-order valence-electron chi connectivity index (χ1n) is 10.3. The summed E-state index contributed by atoms with van der Waals surface area (Å²) in [6.45, 7) is 6.61. The van der Waals surface area contributed by atoms with Crippen LogP contribution < -0.4 is 10.6 Å². The van der Waals surface area contributed by atoms with Gasteiger partial charge in [0.2, 0.25) is 11.8 Å². The maximum Gasteiger partial charge on any atom is 0.237 e. The second-order valence-electron chi connectivity index (χ2n) is 7.98. The average molecular weight is 363 g/mol. The molecule has 6 nitrogen and oxygen atoms in total. The molecule has 0 bridgehead atoms. The number of amides is 2. The van der Waals surface area contributed by atoms with Gasteiger partial charge in [-0.05, 0) is 51.9 Å². The Hall–Kier alpha value is -1.40. The summed E-state index contributed by atoms with van der Waals surface area (Å²) in [7, 11) is 0. The molecule has 2 fully saturated rings. The highest BCUT2D eigenvalue weighted by Gasteiger charge is 2.28. The summed E-state index contributed by atoms with van der Waals surface area (Å²) >= 11 is 0. The van der Waals surface area contributed by atoms with Crippen molar-refractivity contribution in [3.05, 3.63) is 11.6 Å². The van der Waals surface area contributed by atoms with Gasteiger partial charge in [-0.25, -0.2) is 0 Å². The lowest BCUT2D eigenvalue weighted by molar-refractivity contribution is -0.127. The van der Waals surface area contributed by atoms with Gasteiger partial charge in [0, 0.05) is 38.8 Å². The van der Waals surface area contributed by atoms with E-state index in [-0.39, 0.29) is 17.9 Å². The van der Waals surface area contributed by atoms with Crippen LogP contribution in [0.5, 0.6) is 0 Å². The molecule has 0 aromatic heterocycles. The molecule has 146 valence electrons. The van der Waals surface area contributed by atoms with Crippen LogP contribution in [0.1, 0.15) is 51.9 Å². The highest BCUT2D eigenvalue weighted by Crippen LogP contribution is 2.19. The summed E-state index contributed by atoms with van der Waals surface area (Å²) in [6, 6.07) is 0.328. The number of nitrogens with one attached hydrogen (secondary N) is 2. The summed E-state index contributed by atoms with van der Waals surface area (Å²) in [5.41, 5.74) is 1.50. The van der Waals surface area contributed by atoms with Gasteiger partial charge in [0.25, 0.3) is 0 Å². The smallest absolute Gasteiger partial charge is 0.237 e. The SMILES string of the molecule is C[C@H](C(=O)NCCC1=CCCCC1)N1CCN(CC(=O)NC2CC2)CC1. The van der Waals surface area contributed by atoms with Crippen LogP contribution in [-0.4, -0.2) is 73.0 Å². The highest BCUT2D eigenvalue weighted by atomic mass is 16.2. The molecule has 1 aliphatic heterocycles. The first-order chi connectivity index (χ1) is 12.6. The van der Waals surface area contributed by atoms with E-state index in [0.29, 0.717) is 12.6 Å². The monoisotopic (exact) mass is 362 g/mol. The summed E-state index contributed by atoms with van der Waals surface area (Å²) in [5.74, 6) is 0.269. The summed E-state index contributed by atoms with van der Waals surface area (Å²) < 4.78 is 0. The van der Waals surface area contributed by atoms with Crippen molar-refractivity contribution in [3.8, 4) is 0 Å². The third kappa shape index (κ3) is 6.09. The molecule has 1 atom stereocenters. The predicted octanol–water partition coefficient (Wildman–Crippen LogP) is 1.28. The van der Waals surface area contributed by atoms with Gasteiger partial charge in [0.15, 0.2) is 0 Å². The minimum Gasteiger partial charge on any atom is -0.354 e. The van der Waals surface area contributed by atoms with Crippen LogP contribution in [0.25, 0.3) is 0 Å². The van der Waals surface area contributed by atoms with E-state index in [4.69, 9.17) is 0 Å². The standard InChI is InChI=1S/C20H34N4O2/c1-16(20(26)21-10-9-17-5-3-2-4-6-17)24-13-11-23(12-14-24)15-19(25)22-18-7-8-18/h5,16,18H,2-4,6-15H2,1H3,(H,21,26)(H,22,25)/t16-/m1/s1. The minimum atomic E-state index is -0.0993. The molecule has 1 saturated heterocycles. The number of rotatable bonds is 8. The van der Waals surface area contributed by atoms with Gasteiger partial charge in [0.1, 0.15) is 0 Å². The van der Waals surface area contributed by atoms with E-state index in [9.17, 15) is 9.59 Å². The van der Waals surface area contributed by atoms with Gasteiger partial charge in [-0.3, -0.25) is 19.4 Å². The van der Waals surface area contributed by atoms with E-state index in [2.05, 4.69) is 26.5 Å².